The predicted octanol–water partition coefficient (Wildman–Crippen LogP) is 0.870. The number of H-pyrrole nitrogens is 1. The summed E-state index contributed by atoms with van der Waals surface area (Å²) < 4.78 is 0. The molecule has 7 heteroatoms. The van der Waals surface area contributed by atoms with Crippen molar-refractivity contribution in [2.75, 3.05) is 19.6 Å². The second-order valence-corrected chi connectivity index (χ2v) is 8.01. The molecule has 4 aliphatic rings. The maximum Gasteiger partial charge on any atom is 0.254 e. The van der Waals surface area contributed by atoms with Gasteiger partial charge in [-0.1, -0.05) is 6.42 Å². The summed E-state index contributed by atoms with van der Waals surface area (Å²) in [5.74, 6) is 1.22. The van der Waals surface area contributed by atoms with E-state index in [2.05, 4.69) is 9.97 Å². The van der Waals surface area contributed by atoms with Gasteiger partial charge in [0, 0.05) is 37.4 Å². The van der Waals surface area contributed by atoms with Crippen LogP contribution in [0.25, 0.3) is 0 Å². The van der Waals surface area contributed by atoms with Crippen molar-refractivity contribution in [3.05, 3.63) is 27.9 Å². The number of rotatable bonds is 4. The van der Waals surface area contributed by atoms with E-state index >= 15 is 0 Å². The first-order valence-corrected chi connectivity index (χ1v) is 9.64. The lowest BCUT2D eigenvalue weighted by Crippen LogP contribution is -2.50. The average molecular weight is 358 g/mol. The summed E-state index contributed by atoms with van der Waals surface area (Å²) in [7, 11) is 0. The Hall–Kier alpha value is -2.18. The number of piperidine rings is 1. The number of amides is 2. The second-order valence-electron chi connectivity index (χ2n) is 8.01. The lowest BCUT2D eigenvalue weighted by Gasteiger charge is -2.40. The number of nitrogens with one attached hydrogen (secondary N) is 1. The Balaban J connectivity index is 1.47. The molecular weight excluding hydrogens is 332 g/mol. The molecule has 0 radical (unpaired) electrons. The molecule has 140 valence electrons. The fraction of sp³-hybridized carbons (Fsp3) is 0.684. The second kappa shape index (κ2) is 6.85. The highest BCUT2D eigenvalue weighted by molar-refractivity contribution is 5.84. The normalized spacial score (nSPS) is 26.0. The molecule has 1 aromatic heterocycles. The number of aromatic nitrogens is 2. The number of hydrogen-bond acceptors (Lipinski definition) is 4. The summed E-state index contributed by atoms with van der Waals surface area (Å²) in [6.07, 6.45) is 7.05. The van der Waals surface area contributed by atoms with Gasteiger partial charge in [-0.3, -0.25) is 14.4 Å². The maximum absolute atomic E-state index is 12.8. The van der Waals surface area contributed by atoms with Gasteiger partial charge in [0.15, 0.2) is 0 Å². The first-order valence-electron chi connectivity index (χ1n) is 9.64. The van der Waals surface area contributed by atoms with E-state index in [4.69, 9.17) is 0 Å². The quantitative estimate of drug-likeness (QED) is 0.865. The Labute approximate surface area is 152 Å². The van der Waals surface area contributed by atoms with E-state index in [-0.39, 0.29) is 35.8 Å². The van der Waals surface area contributed by atoms with Crippen LogP contribution in [-0.2, 0) is 16.0 Å². The van der Waals surface area contributed by atoms with Crippen LogP contribution in [0.1, 0.15) is 43.5 Å². The molecule has 0 spiro atoms. The van der Waals surface area contributed by atoms with Crippen molar-refractivity contribution < 1.29 is 9.59 Å². The summed E-state index contributed by atoms with van der Waals surface area (Å²) in [5.41, 5.74) is 0.126. The highest BCUT2D eigenvalue weighted by atomic mass is 16.2. The molecule has 5 rings (SSSR count). The summed E-state index contributed by atoms with van der Waals surface area (Å²) in [5, 5.41) is 0. The van der Waals surface area contributed by atoms with Gasteiger partial charge >= 0.3 is 0 Å². The largest absolute Gasteiger partial charge is 0.340 e. The van der Waals surface area contributed by atoms with Crippen molar-refractivity contribution in [2.45, 2.75) is 51.5 Å². The number of carbonyl (C=O) groups is 2. The monoisotopic (exact) mass is 358 g/mol. The molecule has 3 saturated heterocycles. The van der Waals surface area contributed by atoms with Crippen LogP contribution in [0.4, 0.5) is 0 Å². The first-order chi connectivity index (χ1) is 12.5. The number of hydrogen-bond donors (Lipinski definition) is 1. The van der Waals surface area contributed by atoms with Crippen molar-refractivity contribution in [3.63, 3.8) is 0 Å². The van der Waals surface area contributed by atoms with E-state index in [1.54, 1.807) is 11.8 Å². The molecule has 4 heterocycles. The Kier molecular flexibility index (Phi) is 4.54. The molecule has 1 saturated carbocycles. The standard InChI is InChI=1S/C19H26N4O3/c1-12-20-8-15(18(25)21-12)7-17(24)22-10-14-5-6-16(11-22)23(19(14)26)9-13-3-2-4-13/h8,13-14,16H,2-7,9-11H2,1H3,(H,20,21,25)/t14-,16+/m1/s1. The van der Waals surface area contributed by atoms with E-state index < -0.39 is 0 Å². The fourth-order valence-electron chi connectivity index (χ4n) is 4.35. The van der Waals surface area contributed by atoms with E-state index in [1.165, 1.54) is 25.5 Å². The zero-order chi connectivity index (χ0) is 18.3. The molecular formula is C19H26N4O3. The third-order valence-electron chi connectivity index (χ3n) is 6.17. The van der Waals surface area contributed by atoms with E-state index in [1.807, 2.05) is 4.90 Å². The third-order valence-corrected chi connectivity index (χ3v) is 6.17. The minimum absolute atomic E-state index is 0.0405. The summed E-state index contributed by atoms with van der Waals surface area (Å²) >= 11 is 0. The molecule has 2 amide bonds. The van der Waals surface area contributed by atoms with Gasteiger partial charge in [-0.25, -0.2) is 4.98 Å². The topological polar surface area (TPSA) is 86.4 Å². The summed E-state index contributed by atoms with van der Waals surface area (Å²) in [6.45, 7) is 3.63. The average Bonchev–Trinajstić information content (AvgIpc) is 2.85. The number of carbonyl (C=O) groups excluding carboxylic acids is 2. The van der Waals surface area contributed by atoms with Crippen LogP contribution < -0.4 is 5.56 Å². The molecule has 0 aromatic carbocycles. The molecule has 2 atom stereocenters. The van der Waals surface area contributed by atoms with Crippen molar-refractivity contribution >= 4 is 11.8 Å². The molecule has 26 heavy (non-hydrogen) atoms. The molecule has 3 aliphatic heterocycles. The zero-order valence-corrected chi connectivity index (χ0v) is 15.2. The lowest BCUT2D eigenvalue weighted by atomic mass is 9.83. The van der Waals surface area contributed by atoms with Crippen molar-refractivity contribution in [2.24, 2.45) is 11.8 Å². The molecule has 1 aliphatic carbocycles. The van der Waals surface area contributed by atoms with Gasteiger partial charge in [0.05, 0.1) is 12.3 Å². The van der Waals surface area contributed by atoms with Crippen molar-refractivity contribution in [3.8, 4) is 0 Å². The van der Waals surface area contributed by atoms with E-state index in [0.717, 1.165) is 19.4 Å². The Morgan fingerprint density at radius 1 is 1.23 bits per heavy atom. The number of aryl methyl sites for hydroxylation is 1. The Morgan fingerprint density at radius 2 is 2.04 bits per heavy atom. The Morgan fingerprint density at radius 3 is 2.73 bits per heavy atom. The van der Waals surface area contributed by atoms with Gasteiger partial charge in [0.25, 0.3) is 5.56 Å². The number of nitrogens with zero attached hydrogens (tertiary/aromatic N) is 3. The van der Waals surface area contributed by atoms with Crippen molar-refractivity contribution in [1.29, 1.82) is 0 Å². The minimum atomic E-state index is -0.258. The molecule has 1 N–H and O–H groups in total. The molecule has 2 bridgehead atoms. The zero-order valence-electron chi connectivity index (χ0n) is 15.2. The predicted molar refractivity (Wildman–Crippen MR) is 95.4 cm³/mol. The molecule has 4 fully saturated rings. The first kappa shape index (κ1) is 17.2. The van der Waals surface area contributed by atoms with Gasteiger partial charge < -0.3 is 14.8 Å². The third kappa shape index (κ3) is 3.27. The Bertz CT molecular complexity index is 770. The fourth-order valence-corrected chi connectivity index (χ4v) is 4.35. The minimum Gasteiger partial charge on any atom is -0.340 e. The number of fused-ring (bicyclic) bond motifs is 4. The highest BCUT2D eigenvalue weighted by Gasteiger charge is 2.42. The van der Waals surface area contributed by atoms with E-state index in [0.29, 0.717) is 30.4 Å². The van der Waals surface area contributed by atoms with Gasteiger partial charge in [-0.15, -0.1) is 0 Å². The van der Waals surface area contributed by atoms with Crippen LogP contribution in [-0.4, -0.2) is 57.3 Å². The van der Waals surface area contributed by atoms with Crippen LogP contribution in [0.3, 0.4) is 0 Å². The van der Waals surface area contributed by atoms with Gasteiger partial charge in [0.2, 0.25) is 11.8 Å². The number of aromatic amines is 1. The molecule has 7 nitrogen and oxygen atoms in total. The van der Waals surface area contributed by atoms with Crippen LogP contribution >= 0.6 is 0 Å². The lowest BCUT2D eigenvalue weighted by molar-refractivity contribution is -0.141. The van der Waals surface area contributed by atoms with Gasteiger partial charge in [0.1, 0.15) is 5.82 Å². The summed E-state index contributed by atoms with van der Waals surface area (Å²) in [6, 6.07) is 0.125. The van der Waals surface area contributed by atoms with Crippen LogP contribution in [0.2, 0.25) is 0 Å². The van der Waals surface area contributed by atoms with Crippen LogP contribution in [0.15, 0.2) is 11.0 Å². The van der Waals surface area contributed by atoms with Gasteiger partial charge in [-0.2, -0.15) is 0 Å². The van der Waals surface area contributed by atoms with Crippen molar-refractivity contribution in [1.82, 2.24) is 19.8 Å². The highest BCUT2D eigenvalue weighted by Crippen LogP contribution is 2.34. The maximum atomic E-state index is 12.8. The molecule has 1 aromatic rings. The smallest absolute Gasteiger partial charge is 0.254 e. The SMILES string of the molecule is Cc1ncc(CC(=O)N2C[C@H]3CC[C@@H](C2)N(CC2CCC2)C3=O)c(=O)[nH]1. The van der Waals surface area contributed by atoms with Crippen LogP contribution in [0, 0.1) is 18.8 Å². The molecule has 0 unspecified atom stereocenters. The summed E-state index contributed by atoms with van der Waals surface area (Å²) in [4.78, 5) is 48.2. The van der Waals surface area contributed by atoms with Crippen LogP contribution in [0.5, 0.6) is 0 Å². The van der Waals surface area contributed by atoms with E-state index in [9.17, 15) is 14.4 Å². The van der Waals surface area contributed by atoms with Gasteiger partial charge in [-0.05, 0) is 38.5 Å².